The van der Waals surface area contributed by atoms with E-state index >= 15 is 0 Å². The number of hydrogen-bond acceptors (Lipinski definition) is 5. The van der Waals surface area contributed by atoms with Gasteiger partial charge in [0.15, 0.2) is 5.71 Å². The number of phenolic OH excluding ortho intramolecular Hbond substituents is 1. The molecule has 3 aromatic carbocycles. The van der Waals surface area contributed by atoms with Crippen LogP contribution in [-0.2, 0) is 20.9 Å². The Bertz CT molecular complexity index is 2130. The third kappa shape index (κ3) is 9.58. The van der Waals surface area contributed by atoms with E-state index < -0.39 is 15.5 Å². The van der Waals surface area contributed by atoms with Crippen molar-refractivity contribution in [3.05, 3.63) is 125 Å². The van der Waals surface area contributed by atoms with Gasteiger partial charge in [0.05, 0.1) is 4.90 Å². The molecule has 0 unspecified atom stereocenters. The molecule has 0 saturated carbocycles. The van der Waals surface area contributed by atoms with Crippen LogP contribution in [0.25, 0.3) is 5.57 Å². The van der Waals surface area contributed by atoms with Crippen LogP contribution < -0.4 is 64.0 Å². The van der Waals surface area contributed by atoms with Crippen LogP contribution in [0.1, 0.15) is 116 Å². The normalized spacial score (nSPS) is 18.9. The number of benzene rings is 3. The SMILES string of the molecule is CCCCCN1/C(=C/C=C2\CCCC(/C=C/C3=[N+](CCCCC)c4cc[c-]cc4C3(C)C)=C2c2ccc(O)cc2)C(C)(C)c2cc(S(=O)(=O)[O-])ccc21.[Na+].[Na+]. The van der Waals surface area contributed by atoms with Crippen LogP contribution in [0, 0.1) is 6.07 Å². The van der Waals surface area contributed by atoms with E-state index in [1.807, 2.05) is 18.2 Å². The first-order valence-electron chi connectivity index (χ1n) is 19.4. The van der Waals surface area contributed by atoms with Crippen molar-refractivity contribution in [3.63, 3.8) is 0 Å². The number of allylic oxidation sites excluding steroid dienone is 8. The Labute approximate surface area is 374 Å². The van der Waals surface area contributed by atoms with Gasteiger partial charge in [0, 0.05) is 41.3 Å². The summed E-state index contributed by atoms with van der Waals surface area (Å²) in [6.07, 6.45) is 18.7. The topological polar surface area (TPSA) is 83.7 Å². The van der Waals surface area contributed by atoms with E-state index in [2.05, 4.69) is 93.5 Å². The smallest absolute Gasteiger partial charge is 0.744 e. The minimum atomic E-state index is -4.59. The van der Waals surface area contributed by atoms with E-state index in [1.165, 1.54) is 52.6 Å². The van der Waals surface area contributed by atoms with Gasteiger partial charge in [-0.2, -0.15) is 18.2 Å². The van der Waals surface area contributed by atoms with Gasteiger partial charge in [0.1, 0.15) is 28.1 Å². The standard InChI is InChI=1S/C46H55N2O4S.2Na/c1-7-9-13-30-47-40-19-12-11-18-38(40)45(3,4)42(47)28-22-33-16-15-17-34(44(33)35-20-24-36(49)25-21-35)23-29-43-46(5,6)39-32-37(53(50,51)52)26-27-41(39)48(43)31-14-10-8-2;;/h12,18-29,32H,7-10,13-17,30-31H2,1-6H3,(H,50,51,52);;/q-1;2*+1/b34-23+,43-29+;;. The third-order valence-corrected chi connectivity index (χ3v) is 12.3. The molecule has 280 valence electrons. The molecule has 0 fully saturated rings. The molecule has 3 aromatic rings. The van der Waals surface area contributed by atoms with Crippen molar-refractivity contribution in [2.24, 2.45) is 0 Å². The largest absolute Gasteiger partial charge is 1.00 e. The molecule has 0 amide bonds. The fourth-order valence-electron chi connectivity index (χ4n) is 8.51. The molecule has 0 radical (unpaired) electrons. The third-order valence-electron chi connectivity index (χ3n) is 11.4. The Balaban J connectivity index is 0.00000336. The quantitative estimate of drug-likeness (QED) is 0.0899. The Kier molecular flexibility index (Phi) is 15.7. The number of phenols is 1. The van der Waals surface area contributed by atoms with Crippen LogP contribution in [0.3, 0.4) is 0 Å². The fraction of sp³-hybridized carbons (Fsp3) is 0.413. The number of unbranched alkanes of at least 4 members (excludes halogenated alkanes) is 4. The molecule has 2 aliphatic heterocycles. The van der Waals surface area contributed by atoms with Crippen molar-refractivity contribution >= 4 is 32.8 Å². The van der Waals surface area contributed by atoms with Crippen LogP contribution in [0.4, 0.5) is 11.4 Å². The second-order valence-electron chi connectivity index (χ2n) is 15.8. The van der Waals surface area contributed by atoms with Crippen LogP contribution in [0.5, 0.6) is 5.75 Å². The van der Waals surface area contributed by atoms with E-state index in [0.29, 0.717) is 0 Å². The van der Waals surface area contributed by atoms with Gasteiger partial charge in [-0.25, -0.2) is 13.0 Å². The summed E-state index contributed by atoms with van der Waals surface area (Å²) in [4.78, 5) is 2.13. The molecule has 0 bridgehead atoms. The van der Waals surface area contributed by atoms with Crippen molar-refractivity contribution in [1.82, 2.24) is 0 Å². The summed E-state index contributed by atoms with van der Waals surface area (Å²) in [7, 11) is -4.59. The van der Waals surface area contributed by atoms with Gasteiger partial charge in [-0.3, -0.25) is 0 Å². The molecule has 0 atom stereocenters. The maximum Gasteiger partial charge on any atom is 1.00 e. The minimum absolute atomic E-state index is 0. The number of rotatable bonds is 13. The molecule has 0 saturated heterocycles. The summed E-state index contributed by atoms with van der Waals surface area (Å²) in [6, 6.07) is 22.1. The summed E-state index contributed by atoms with van der Waals surface area (Å²) < 4.78 is 38.7. The maximum absolute atomic E-state index is 12.1. The van der Waals surface area contributed by atoms with Gasteiger partial charge in [-0.15, -0.1) is 6.07 Å². The molecular formula is C46H55N2Na2O4S+. The summed E-state index contributed by atoms with van der Waals surface area (Å²) in [5.41, 5.74) is 10.9. The van der Waals surface area contributed by atoms with Gasteiger partial charge in [-0.05, 0) is 96.4 Å². The molecule has 2 heterocycles. The zero-order valence-electron chi connectivity index (χ0n) is 34.3. The van der Waals surface area contributed by atoms with E-state index in [-0.39, 0.29) is 75.2 Å². The molecule has 1 N–H and O–H groups in total. The molecular weight excluding hydrogens is 723 g/mol. The molecule has 6 rings (SSSR count). The van der Waals surface area contributed by atoms with Gasteiger partial charge in [0.25, 0.3) is 0 Å². The summed E-state index contributed by atoms with van der Waals surface area (Å²) in [5, 5.41) is 10.2. The maximum atomic E-state index is 12.1. The average Bonchev–Trinajstić information content (AvgIpc) is 3.48. The first kappa shape index (κ1) is 45.5. The number of hydrogen-bond donors (Lipinski definition) is 1. The first-order chi connectivity index (χ1) is 25.3. The Morgan fingerprint density at radius 2 is 1.58 bits per heavy atom. The number of anilines is 1. The zero-order valence-corrected chi connectivity index (χ0v) is 39.2. The van der Waals surface area contributed by atoms with Crippen molar-refractivity contribution in [3.8, 4) is 5.75 Å². The zero-order chi connectivity index (χ0) is 38.0. The van der Waals surface area contributed by atoms with Crippen molar-refractivity contribution in [1.29, 1.82) is 0 Å². The molecule has 1 aliphatic carbocycles. The number of fused-ring (bicyclic) bond motifs is 2. The fourth-order valence-corrected chi connectivity index (χ4v) is 9.01. The second kappa shape index (κ2) is 19.0. The van der Waals surface area contributed by atoms with Crippen LogP contribution in [0.15, 0.2) is 107 Å². The molecule has 0 spiro atoms. The summed E-state index contributed by atoms with van der Waals surface area (Å²) in [6.45, 7) is 15.1. The van der Waals surface area contributed by atoms with E-state index in [4.69, 9.17) is 0 Å². The molecule has 0 aromatic heterocycles. The van der Waals surface area contributed by atoms with E-state index in [1.54, 1.807) is 24.3 Å². The van der Waals surface area contributed by atoms with Crippen molar-refractivity contribution in [2.75, 3.05) is 18.0 Å². The first-order valence-corrected chi connectivity index (χ1v) is 20.9. The molecule has 6 nitrogen and oxygen atoms in total. The molecule has 55 heavy (non-hydrogen) atoms. The van der Waals surface area contributed by atoms with E-state index in [9.17, 15) is 18.1 Å². The van der Waals surface area contributed by atoms with Gasteiger partial charge < -0.3 is 14.6 Å². The van der Waals surface area contributed by atoms with Crippen LogP contribution in [0.2, 0.25) is 0 Å². The minimum Gasteiger partial charge on any atom is -0.744 e. The summed E-state index contributed by atoms with van der Waals surface area (Å²) >= 11 is 0. The van der Waals surface area contributed by atoms with Crippen molar-refractivity contribution < 1.29 is 81.8 Å². The van der Waals surface area contributed by atoms with Crippen LogP contribution >= 0.6 is 0 Å². The predicted octanol–water partition coefficient (Wildman–Crippen LogP) is 4.66. The number of nitrogens with zero attached hydrogens (tertiary/aromatic N) is 2. The second-order valence-corrected chi connectivity index (χ2v) is 17.2. The van der Waals surface area contributed by atoms with E-state index in [0.717, 1.165) is 80.5 Å². The monoisotopic (exact) mass is 777 g/mol. The number of aromatic hydroxyl groups is 1. The van der Waals surface area contributed by atoms with Crippen LogP contribution in [-0.4, -0.2) is 41.5 Å². The van der Waals surface area contributed by atoms with Gasteiger partial charge >= 0.3 is 59.1 Å². The predicted molar refractivity (Wildman–Crippen MR) is 216 cm³/mol. The molecule has 3 aliphatic rings. The van der Waals surface area contributed by atoms with Gasteiger partial charge in [0.2, 0.25) is 0 Å². The van der Waals surface area contributed by atoms with Crippen molar-refractivity contribution in [2.45, 2.75) is 115 Å². The average molecular weight is 778 g/mol. The molecule has 9 heteroatoms. The Morgan fingerprint density at radius 3 is 2.27 bits per heavy atom. The summed E-state index contributed by atoms with van der Waals surface area (Å²) in [5.74, 6) is 0.239. The Hall–Kier alpha value is -2.20. The Morgan fingerprint density at radius 1 is 0.873 bits per heavy atom. The van der Waals surface area contributed by atoms with Gasteiger partial charge in [-0.1, -0.05) is 90.7 Å².